The predicted molar refractivity (Wildman–Crippen MR) is 81.3 cm³/mol. The van der Waals surface area contributed by atoms with Gasteiger partial charge in [-0.25, -0.2) is 0 Å². The van der Waals surface area contributed by atoms with Crippen LogP contribution in [0.2, 0.25) is 0 Å². The zero-order valence-corrected chi connectivity index (χ0v) is 11.3. The van der Waals surface area contributed by atoms with Crippen LogP contribution in [-0.4, -0.2) is 12.4 Å². The Bertz CT molecular complexity index is 508. The molecule has 0 bridgehead atoms. The Hall–Kier alpha value is -1.93. The molecule has 0 heterocycles. The van der Waals surface area contributed by atoms with Crippen LogP contribution in [0.3, 0.4) is 0 Å². The summed E-state index contributed by atoms with van der Waals surface area (Å²) in [6.07, 6.45) is 3.92. The molecule has 0 fully saturated rings. The smallest absolute Gasteiger partial charge is 0.127 e. The Kier molecular flexibility index (Phi) is 5.32. The van der Waals surface area contributed by atoms with Crippen molar-refractivity contribution in [3.63, 3.8) is 0 Å². The van der Waals surface area contributed by atoms with Gasteiger partial charge < -0.3 is 10.1 Å². The normalized spacial score (nSPS) is 10.6. The molecule has 2 rings (SSSR count). The van der Waals surface area contributed by atoms with Crippen molar-refractivity contribution in [1.29, 1.82) is 0 Å². The molecule has 98 valence electrons. The molecule has 2 aromatic carbocycles. The van der Waals surface area contributed by atoms with Gasteiger partial charge in [-0.1, -0.05) is 30.4 Å². The van der Waals surface area contributed by atoms with Gasteiger partial charge in [0, 0.05) is 18.1 Å². The van der Waals surface area contributed by atoms with E-state index in [-0.39, 0.29) is 0 Å². The minimum atomic E-state index is 0.547. The van der Waals surface area contributed by atoms with Crippen LogP contribution >= 0.6 is 11.6 Å². The molecule has 0 saturated heterocycles. The maximum atomic E-state index is 5.72. The molecule has 0 unspecified atom stereocenters. The van der Waals surface area contributed by atoms with Crippen molar-refractivity contribution >= 4 is 17.3 Å². The molecule has 3 heteroatoms. The third kappa shape index (κ3) is 4.68. The summed E-state index contributed by atoms with van der Waals surface area (Å²) in [5.74, 6) is 2.22. The van der Waals surface area contributed by atoms with Crippen molar-refractivity contribution in [2.24, 2.45) is 0 Å². The monoisotopic (exact) mass is 273 g/mol. The van der Waals surface area contributed by atoms with E-state index in [0.717, 1.165) is 23.7 Å². The van der Waals surface area contributed by atoms with Crippen LogP contribution in [0.4, 0.5) is 5.69 Å². The van der Waals surface area contributed by atoms with Crippen LogP contribution in [0.25, 0.3) is 0 Å². The zero-order chi connectivity index (χ0) is 13.3. The summed E-state index contributed by atoms with van der Waals surface area (Å²) in [6.45, 7) is 0.769. The average molecular weight is 274 g/mol. The Morgan fingerprint density at radius 1 is 0.895 bits per heavy atom. The number of nitrogens with one attached hydrogen (secondary N) is 1. The summed E-state index contributed by atoms with van der Waals surface area (Å²) >= 11 is 5.55. The van der Waals surface area contributed by atoms with Gasteiger partial charge in [0.2, 0.25) is 0 Å². The van der Waals surface area contributed by atoms with Gasteiger partial charge in [0.1, 0.15) is 11.5 Å². The van der Waals surface area contributed by atoms with Crippen LogP contribution in [0.5, 0.6) is 11.5 Å². The van der Waals surface area contributed by atoms with Crippen LogP contribution in [0.1, 0.15) is 0 Å². The number of hydrogen-bond donors (Lipinski definition) is 1. The highest BCUT2D eigenvalue weighted by molar-refractivity contribution is 6.18. The first-order valence-corrected chi connectivity index (χ1v) is 6.70. The standard InChI is InChI=1S/C16H16ClNO/c17-12-4-5-13-18-14-8-10-16(11-9-14)19-15-6-2-1-3-7-15/h1-11,18H,12-13H2/b5-4+. The second-order valence-electron chi connectivity index (χ2n) is 3.95. The van der Waals surface area contributed by atoms with Gasteiger partial charge in [0.15, 0.2) is 0 Å². The van der Waals surface area contributed by atoms with E-state index in [1.807, 2.05) is 66.7 Å². The third-order valence-electron chi connectivity index (χ3n) is 2.51. The van der Waals surface area contributed by atoms with E-state index in [4.69, 9.17) is 16.3 Å². The van der Waals surface area contributed by atoms with E-state index in [1.54, 1.807) is 0 Å². The fraction of sp³-hybridized carbons (Fsp3) is 0.125. The summed E-state index contributed by atoms with van der Waals surface area (Å²) < 4.78 is 5.72. The summed E-state index contributed by atoms with van der Waals surface area (Å²) in [6, 6.07) is 17.6. The fourth-order valence-corrected chi connectivity index (χ4v) is 1.71. The lowest BCUT2D eigenvalue weighted by molar-refractivity contribution is 0.483. The Morgan fingerprint density at radius 2 is 1.58 bits per heavy atom. The van der Waals surface area contributed by atoms with Gasteiger partial charge in [-0.2, -0.15) is 0 Å². The van der Waals surface area contributed by atoms with E-state index in [2.05, 4.69) is 5.32 Å². The predicted octanol–water partition coefficient (Wildman–Crippen LogP) is 4.69. The fourth-order valence-electron chi connectivity index (χ4n) is 1.59. The minimum absolute atomic E-state index is 0.547. The van der Waals surface area contributed by atoms with Gasteiger partial charge in [-0.3, -0.25) is 0 Å². The number of hydrogen-bond acceptors (Lipinski definition) is 2. The summed E-state index contributed by atoms with van der Waals surface area (Å²) in [5, 5.41) is 3.27. The molecule has 0 aliphatic rings. The minimum Gasteiger partial charge on any atom is -0.457 e. The largest absolute Gasteiger partial charge is 0.457 e. The number of halogens is 1. The maximum absolute atomic E-state index is 5.72. The first kappa shape index (κ1) is 13.5. The summed E-state index contributed by atoms with van der Waals surface area (Å²) in [5.41, 5.74) is 1.06. The molecule has 0 atom stereocenters. The molecule has 19 heavy (non-hydrogen) atoms. The first-order chi connectivity index (χ1) is 9.38. The van der Waals surface area contributed by atoms with Gasteiger partial charge in [-0.15, -0.1) is 11.6 Å². The SMILES string of the molecule is ClC/C=C/CNc1ccc(Oc2ccccc2)cc1. The molecule has 2 aromatic rings. The first-order valence-electron chi connectivity index (χ1n) is 6.16. The van der Waals surface area contributed by atoms with Gasteiger partial charge in [-0.05, 0) is 36.4 Å². The second-order valence-corrected chi connectivity index (χ2v) is 4.25. The number of allylic oxidation sites excluding steroid dienone is 1. The van der Waals surface area contributed by atoms with Crippen molar-refractivity contribution in [3.05, 3.63) is 66.7 Å². The van der Waals surface area contributed by atoms with Crippen LogP contribution in [0.15, 0.2) is 66.7 Å². The Labute approximate surface area is 118 Å². The van der Waals surface area contributed by atoms with Crippen molar-refractivity contribution < 1.29 is 4.74 Å². The molecule has 1 N–H and O–H groups in total. The molecule has 0 aromatic heterocycles. The van der Waals surface area contributed by atoms with Crippen molar-refractivity contribution in [1.82, 2.24) is 0 Å². The number of benzene rings is 2. The lowest BCUT2D eigenvalue weighted by atomic mass is 10.3. The molecule has 0 saturated carbocycles. The molecule has 0 radical (unpaired) electrons. The number of para-hydroxylation sites is 1. The van der Waals surface area contributed by atoms with Crippen molar-refractivity contribution in [3.8, 4) is 11.5 Å². The Balaban J connectivity index is 1.89. The molecular formula is C16H16ClNO. The highest BCUT2D eigenvalue weighted by Gasteiger charge is 1.96. The lowest BCUT2D eigenvalue weighted by Crippen LogP contribution is -1.97. The van der Waals surface area contributed by atoms with Gasteiger partial charge in [0.25, 0.3) is 0 Å². The Morgan fingerprint density at radius 3 is 2.26 bits per heavy atom. The van der Waals surface area contributed by atoms with Crippen LogP contribution in [0, 0.1) is 0 Å². The number of anilines is 1. The summed E-state index contributed by atoms with van der Waals surface area (Å²) in [4.78, 5) is 0. The number of alkyl halides is 1. The summed E-state index contributed by atoms with van der Waals surface area (Å²) in [7, 11) is 0. The van der Waals surface area contributed by atoms with E-state index in [0.29, 0.717) is 5.88 Å². The van der Waals surface area contributed by atoms with E-state index in [1.165, 1.54) is 0 Å². The molecule has 0 aliphatic carbocycles. The van der Waals surface area contributed by atoms with Crippen LogP contribution < -0.4 is 10.1 Å². The molecule has 0 amide bonds. The lowest BCUT2D eigenvalue weighted by Gasteiger charge is -2.07. The van der Waals surface area contributed by atoms with Crippen LogP contribution in [-0.2, 0) is 0 Å². The maximum Gasteiger partial charge on any atom is 0.127 e. The van der Waals surface area contributed by atoms with E-state index in [9.17, 15) is 0 Å². The van der Waals surface area contributed by atoms with E-state index < -0.39 is 0 Å². The number of ether oxygens (including phenoxy) is 1. The molecule has 2 nitrogen and oxygen atoms in total. The van der Waals surface area contributed by atoms with Gasteiger partial charge in [0.05, 0.1) is 0 Å². The van der Waals surface area contributed by atoms with Crippen molar-refractivity contribution in [2.75, 3.05) is 17.7 Å². The molecule has 0 aliphatic heterocycles. The zero-order valence-electron chi connectivity index (χ0n) is 10.6. The van der Waals surface area contributed by atoms with Gasteiger partial charge >= 0.3 is 0 Å². The molecule has 0 spiro atoms. The topological polar surface area (TPSA) is 21.3 Å². The number of rotatable bonds is 6. The van der Waals surface area contributed by atoms with E-state index >= 15 is 0 Å². The quantitative estimate of drug-likeness (QED) is 0.609. The highest BCUT2D eigenvalue weighted by Crippen LogP contribution is 2.22. The third-order valence-corrected chi connectivity index (χ3v) is 2.69. The molecular weight excluding hydrogens is 258 g/mol. The second kappa shape index (κ2) is 7.49. The highest BCUT2D eigenvalue weighted by atomic mass is 35.5. The average Bonchev–Trinajstić information content (AvgIpc) is 2.46. The van der Waals surface area contributed by atoms with Crippen molar-refractivity contribution in [2.45, 2.75) is 0 Å².